The molecule has 1 aromatic rings. The van der Waals surface area contributed by atoms with E-state index in [1.807, 2.05) is 6.07 Å². The number of likely N-dealkylation sites (tertiary alicyclic amines) is 1. The zero-order valence-corrected chi connectivity index (χ0v) is 11.7. The Hall–Kier alpha value is -1.39. The highest BCUT2D eigenvalue weighted by molar-refractivity contribution is 5.79. The van der Waals surface area contributed by atoms with E-state index < -0.39 is 11.5 Å². The van der Waals surface area contributed by atoms with E-state index in [1.165, 1.54) is 5.56 Å². The van der Waals surface area contributed by atoms with Gasteiger partial charge in [-0.2, -0.15) is 0 Å². The second-order valence-electron chi connectivity index (χ2n) is 6.25. The molecule has 20 heavy (non-hydrogen) atoms. The minimum atomic E-state index is -1.00. The van der Waals surface area contributed by atoms with Crippen molar-refractivity contribution in [1.82, 2.24) is 4.90 Å². The molecule has 0 amide bonds. The highest BCUT2D eigenvalue weighted by Gasteiger charge is 2.45. The number of carboxylic acid groups (broad SMARTS) is 1. The quantitative estimate of drug-likeness (QED) is 0.882. The van der Waals surface area contributed by atoms with Gasteiger partial charge in [-0.15, -0.1) is 0 Å². The van der Waals surface area contributed by atoms with Crippen LogP contribution >= 0.6 is 0 Å². The van der Waals surface area contributed by atoms with Crippen LogP contribution in [0.4, 0.5) is 0 Å². The second-order valence-corrected chi connectivity index (χ2v) is 6.25. The Morgan fingerprint density at radius 1 is 1.30 bits per heavy atom. The topological polar surface area (TPSA) is 66.6 Å². The summed E-state index contributed by atoms with van der Waals surface area (Å²) >= 11 is 0. The third-order valence-electron chi connectivity index (χ3n) is 4.96. The maximum Gasteiger partial charge on any atom is 0.323 e. The molecule has 1 heterocycles. The molecule has 108 valence electrons. The highest BCUT2D eigenvalue weighted by Crippen LogP contribution is 2.36. The molecular weight excluding hydrogens is 252 g/mol. The molecule has 3 N–H and O–H groups in total. The summed E-state index contributed by atoms with van der Waals surface area (Å²) in [5.41, 5.74) is 6.37. The number of aliphatic carboxylic acids is 1. The summed E-state index contributed by atoms with van der Waals surface area (Å²) < 4.78 is 0. The lowest BCUT2D eigenvalue weighted by Crippen LogP contribution is -2.47. The van der Waals surface area contributed by atoms with Gasteiger partial charge in [-0.3, -0.25) is 9.69 Å². The molecule has 1 saturated heterocycles. The van der Waals surface area contributed by atoms with Gasteiger partial charge in [0.15, 0.2) is 0 Å². The Kier molecular flexibility index (Phi) is 3.52. The minimum Gasteiger partial charge on any atom is -0.480 e. The molecule has 3 unspecified atom stereocenters. The summed E-state index contributed by atoms with van der Waals surface area (Å²) in [6, 6.07) is 10.9. The first-order valence-corrected chi connectivity index (χ1v) is 7.40. The van der Waals surface area contributed by atoms with Crippen molar-refractivity contribution in [3.63, 3.8) is 0 Å². The molecule has 0 aromatic heterocycles. The highest BCUT2D eigenvalue weighted by atomic mass is 16.4. The fraction of sp³-hybridized carbons (Fsp3) is 0.562. The third kappa shape index (κ3) is 2.45. The van der Waals surface area contributed by atoms with Gasteiger partial charge in [0, 0.05) is 12.6 Å². The van der Waals surface area contributed by atoms with Gasteiger partial charge in [0.05, 0.1) is 0 Å². The first-order valence-electron chi connectivity index (χ1n) is 7.40. The van der Waals surface area contributed by atoms with Crippen molar-refractivity contribution in [3.8, 4) is 0 Å². The Bertz CT molecular complexity index is 491. The predicted molar refractivity (Wildman–Crippen MR) is 77.6 cm³/mol. The first kappa shape index (κ1) is 13.6. The number of carbonyl (C=O) groups is 1. The number of hydrogen-bond acceptors (Lipinski definition) is 3. The van der Waals surface area contributed by atoms with Gasteiger partial charge in [-0.05, 0) is 43.7 Å². The fourth-order valence-electron chi connectivity index (χ4n) is 3.67. The van der Waals surface area contributed by atoms with Crippen LogP contribution in [0, 0.1) is 0 Å². The maximum absolute atomic E-state index is 11.2. The van der Waals surface area contributed by atoms with E-state index in [0.717, 1.165) is 25.9 Å². The van der Waals surface area contributed by atoms with Crippen molar-refractivity contribution >= 4 is 5.97 Å². The number of nitrogens with two attached hydrogens (primary N) is 1. The number of carboxylic acids is 1. The molecule has 0 spiro atoms. The molecule has 3 rings (SSSR count). The molecule has 4 nitrogen and oxygen atoms in total. The van der Waals surface area contributed by atoms with Crippen LogP contribution in [0.5, 0.6) is 0 Å². The standard InChI is InChI=1S/C16H22N2O2/c17-16(15(19)20)8-6-14(10-16)18-9-7-13(11-18)12-4-2-1-3-5-12/h1-5,13-14H,6-11,17H2,(H,19,20). The van der Waals surface area contributed by atoms with E-state index in [2.05, 4.69) is 29.2 Å². The normalized spacial score (nSPS) is 34.5. The van der Waals surface area contributed by atoms with Gasteiger partial charge < -0.3 is 10.8 Å². The van der Waals surface area contributed by atoms with E-state index in [9.17, 15) is 9.90 Å². The van der Waals surface area contributed by atoms with E-state index >= 15 is 0 Å². The molecular formula is C16H22N2O2. The second kappa shape index (κ2) is 5.19. The van der Waals surface area contributed by atoms with Crippen molar-refractivity contribution in [2.24, 2.45) is 5.73 Å². The van der Waals surface area contributed by atoms with Crippen molar-refractivity contribution in [3.05, 3.63) is 35.9 Å². The van der Waals surface area contributed by atoms with Crippen LogP contribution in [-0.4, -0.2) is 40.6 Å². The average molecular weight is 274 g/mol. The Morgan fingerprint density at radius 2 is 2.05 bits per heavy atom. The third-order valence-corrected chi connectivity index (χ3v) is 4.96. The van der Waals surface area contributed by atoms with Crippen molar-refractivity contribution in [1.29, 1.82) is 0 Å². The summed E-state index contributed by atoms with van der Waals surface area (Å²) in [6.07, 6.45) is 3.25. The molecule has 2 aliphatic rings. The molecule has 4 heteroatoms. The summed E-state index contributed by atoms with van der Waals surface area (Å²) in [6.45, 7) is 2.09. The predicted octanol–water partition coefficient (Wildman–Crippen LogP) is 1.81. The SMILES string of the molecule is NC1(C(=O)O)CCC(N2CCC(c3ccccc3)C2)C1. The molecule has 0 radical (unpaired) electrons. The van der Waals surface area contributed by atoms with Crippen LogP contribution in [0.25, 0.3) is 0 Å². The van der Waals surface area contributed by atoms with Gasteiger partial charge in [0.1, 0.15) is 5.54 Å². The van der Waals surface area contributed by atoms with Crippen LogP contribution < -0.4 is 5.73 Å². The van der Waals surface area contributed by atoms with Gasteiger partial charge in [-0.1, -0.05) is 30.3 Å². The first-order chi connectivity index (χ1) is 9.58. The zero-order valence-electron chi connectivity index (χ0n) is 11.7. The Morgan fingerprint density at radius 3 is 2.70 bits per heavy atom. The average Bonchev–Trinajstić information content (AvgIpc) is 3.07. The number of rotatable bonds is 3. The van der Waals surface area contributed by atoms with Crippen LogP contribution in [0.1, 0.15) is 37.2 Å². The molecule has 1 saturated carbocycles. The van der Waals surface area contributed by atoms with Gasteiger partial charge >= 0.3 is 5.97 Å². The number of hydrogen-bond donors (Lipinski definition) is 2. The van der Waals surface area contributed by atoms with Crippen molar-refractivity contribution in [2.75, 3.05) is 13.1 Å². The van der Waals surface area contributed by atoms with E-state index in [-0.39, 0.29) is 0 Å². The Balaban J connectivity index is 1.63. The minimum absolute atomic E-state index is 0.338. The van der Waals surface area contributed by atoms with Crippen LogP contribution in [0.2, 0.25) is 0 Å². The van der Waals surface area contributed by atoms with Gasteiger partial charge in [0.25, 0.3) is 0 Å². The monoisotopic (exact) mass is 274 g/mol. The molecule has 1 aromatic carbocycles. The molecule has 2 fully saturated rings. The van der Waals surface area contributed by atoms with Crippen LogP contribution in [0.3, 0.4) is 0 Å². The molecule has 0 bridgehead atoms. The zero-order chi connectivity index (χ0) is 14.2. The number of nitrogens with zero attached hydrogens (tertiary/aromatic N) is 1. The van der Waals surface area contributed by atoms with Gasteiger partial charge in [0.2, 0.25) is 0 Å². The van der Waals surface area contributed by atoms with Gasteiger partial charge in [-0.25, -0.2) is 0 Å². The van der Waals surface area contributed by atoms with Crippen molar-refractivity contribution in [2.45, 2.75) is 43.2 Å². The smallest absolute Gasteiger partial charge is 0.323 e. The number of benzene rings is 1. The fourth-order valence-corrected chi connectivity index (χ4v) is 3.67. The Labute approximate surface area is 119 Å². The summed E-state index contributed by atoms with van der Waals surface area (Å²) in [4.78, 5) is 13.7. The lowest BCUT2D eigenvalue weighted by atomic mass is 9.98. The van der Waals surface area contributed by atoms with Crippen LogP contribution in [0.15, 0.2) is 30.3 Å². The maximum atomic E-state index is 11.2. The van der Waals surface area contributed by atoms with Crippen molar-refractivity contribution < 1.29 is 9.90 Å². The molecule has 1 aliphatic carbocycles. The van der Waals surface area contributed by atoms with Crippen LogP contribution in [-0.2, 0) is 4.79 Å². The molecule has 3 atom stereocenters. The summed E-state index contributed by atoms with van der Waals surface area (Å²) in [7, 11) is 0. The summed E-state index contributed by atoms with van der Waals surface area (Å²) in [5.74, 6) is -0.271. The van der Waals surface area contributed by atoms with E-state index in [0.29, 0.717) is 24.8 Å². The lowest BCUT2D eigenvalue weighted by molar-refractivity contribution is -0.143. The summed E-state index contributed by atoms with van der Waals surface area (Å²) in [5, 5.41) is 9.22. The lowest BCUT2D eigenvalue weighted by Gasteiger charge is -2.25. The largest absolute Gasteiger partial charge is 0.480 e. The molecule has 1 aliphatic heterocycles. The van der Waals surface area contributed by atoms with E-state index in [4.69, 9.17) is 5.73 Å². The van der Waals surface area contributed by atoms with E-state index in [1.54, 1.807) is 0 Å².